The monoisotopic (exact) mass is 297 g/mol. The number of likely N-dealkylation sites (tertiary alicyclic amines) is 1. The van der Waals surface area contributed by atoms with Gasteiger partial charge in [0.05, 0.1) is 6.54 Å². The molecule has 1 aliphatic rings. The number of rotatable bonds is 8. The number of carbonyl (C=O) groups excluding carboxylic acids is 2. The van der Waals surface area contributed by atoms with E-state index in [1.807, 2.05) is 4.90 Å². The first-order valence-corrected chi connectivity index (χ1v) is 8.30. The predicted molar refractivity (Wildman–Crippen MR) is 84.7 cm³/mol. The van der Waals surface area contributed by atoms with Crippen molar-refractivity contribution in [2.75, 3.05) is 19.6 Å². The fourth-order valence-corrected chi connectivity index (χ4v) is 2.72. The summed E-state index contributed by atoms with van der Waals surface area (Å²) in [7, 11) is 0. The molecule has 0 radical (unpaired) electrons. The molecule has 1 rings (SSSR count). The Morgan fingerprint density at radius 2 is 1.86 bits per heavy atom. The van der Waals surface area contributed by atoms with Gasteiger partial charge in [-0.1, -0.05) is 33.1 Å². The highest BCUT2D eigenvalue weighted by molar-refractivity contribution is 5.78. The number of carbonyl (C=O) groups is 2. The lowest BCUT2D eigenvalue weighted by atomic mass is 10.0. The van der Waals surface area contributed by atoms with Crippen molar-refractivity contribution in [3.8, 4) is 0 Å². The van der Waals surface area contributed by atoms with E-state index in [-0.39, 0.29) is 24.4 Å². The van der Waals surface area contributed by atoms with Gasteiger partial charge in [0.25, 0.3) is 0 Å². The highest BCUT2D eigenvalue weighted by Gasteiger charge is 2.23. The van der Waals surface area contributed by atoms with E-state index in [1.54, 1.807) is 0 Å². The maximum atomic E-state index is 12.1. The minimum Gasteiger partial charge on any atom is -0.352 e. The topological polar surface area (TPSA) is 75.4 Å². The molecule has 5 nitrogen and oxygen atoms in total. The van der Waals surface area contributed by atoms with Crippen molar-refractivity contribution in [3.63, 3.8) is 0 Å². The molecule has 1 fully saturated rings. The van der Waals surface area contributed by atoms with Crippen LogP contribution in [0.3, 0.4) is 0 Å². The number of nitrogens with zero attached hydrogens (tertiary/aromatic N) is 1. The summed E-state index contributed by atoms with van der Waals surface area (Å²) in [5, 5.41) is 2.90. The third kappa shape index (κ3) is 7.46. The van der Waals surface area contributed by atoms with E-state index < -0.39 is 0 Å². The van der Waals surface area contributed by atoms with Crippen molar-refractivity contribution in [1.29, 1.82) is 0 Å². The summed E-state index contributed by atoms with van der Waals surface area (Å²) < 4.78 is 0. The average molecular weight is 297 g/mol. The normalized spacial score (nSPS) is 16.3. The van der Waals surface area contributed by atoms with Crippen molar-refractivity contribution in [2.24, 2.45) is 11.7 Å². The maximum absolute atomic E-state index is 12.1. The Morgan fingerprint density at radius 3 is 2.43 bits per heavy atom. The van der Waals surface area contributed by atoms with Gasteiger partial charge in [-0.2, -0.15) is 0 Å². The van der Waals surface area contributed by atoms with E-state index in [0.717, 1.165) is 44.7 Å². The molecule has 0 unspecified atom stereocenters. The first-order chi connectivity index (χ1) is 10.0. The SMILES string of the molecule is CC(C)CCCCCC(=O)N1CCC(NC(=O)CN)CC1. The summed E-state index contributed by atoms with van der Waals surface area (Å²) in [5.74, 6) is 0.913. The van der Waals surface area contributed by atoms with E-state index in [2.05, 4.69) is 19.2 Å². The highest BCUT2D eigenvalue weighted by atomic mass is 16.2. The van der Waals surface area contributed by atoms with E-state index >= 15 is 0 Å². The van der Waals surface area contributed by atoms with Crippen LogP contribution < -0.4 is 11.1 Å². The second-order valence-electron chi connectivity index (χ2n) is 6.42. The minimum absolute atomic E-state index is 0.0372. The molecule has 0 bridgehead atoms. The summed E-state index contributed by atoms with van der Waals surface area (Å²) >= 11 is 0. The van der Waals surface area contributed by atoms with Crippen LogP contribution in [0.15, 0.2) is 0 Å². The standard InChI is InChI=1S/C16H31N3O2/c1-13(2)6-4-3-5-7-16(21)19-10-8-14(9-11-19)18-15(20)12-17/h13-14H,3-12,17H2,1-2H3,(H,18,20). The van der Waals surface area contributed by atoms with E-state index in [4.69, 9.17) is 5.73 Å². The molecule has 0 aliphatic carbocycles. The molecule has 5 heteroatoms. The fourth-order valence-electron chi connectivity index (χ4n) is 2.72. The van der Waals surface area contributed by atoms with Gasteiger partial charge in [0.15, 0.2) is 0 Å². The van der Waals surface area contributed by atoms with Crippen LogP contribution in [0.2, 0.25) is 0 Å². The van der Waals surface area contributed by atoms with Crippen LogP contribution in [0.1, 0.15) is 58.8 Å². The number of hydrogen-bond acceptors (Lipinski definition) is 3. The minimum atomic E-state index is -0.107. The Labute approximate surface area is 128 Å². The van der Waals surface area contributed by atoms with Crippen LogP contribution in [-0.4, -0.2) is 42.4 Å². The second-order valence-corrected chi connectivity index (χ2v) is 6.42. The summed E-state index contributed by atoms with van der Waals surface area (Å²) in [6.07, 6.45) is 6.95. The Morgan fingerprint density at radius 1 is 1.19 bits per heavy atom. The van der Waals surface area contributed by atoms with Crippen molar-refractivity contribution in [3.05, 3.63) is 0 Å². The number of nitrogens with one attached hydrogen (secondary N) is 1. The molecule has 122 valence electrons. The van der Waals surface area contributed by atoms with Crippen LogP contribution in [0.4, 0.5) is 0 Å². The lowest BCUT2D eigenvalue weighted by Crippen LogP contribution is -2.47. The third-order valence-electron chi connectivity index (χ3n) is 4.07. The maximum Gasteiger partial charge on any atom is 0.233 e. The molecule has 0 saturated carbocycles. The van der Waals surface area contributed by atoms with Gasteiger partial charge < -0.3 is 16.0 Å². The van der Waals surface area contributed by atoms with Gasteiger partial charge in [0.2, 0.25) is 11.8 Å². The first kappa shape index (κ1) is 18.0. The van der Waals surface area contributed by atoms with Gasteiger partial charge in [-0.3, -0.25) is 9.59 Å². The smallest absolute Gasteiger partial charge is 0.233 e. The molecule has 21 heavy (non-hydrogen) atoms. The Balaban J connectivity index is 2.12. The molecule has 0 aromatic heterocycles. The molecule has 0 spiro atoms. The fraction of sp³-hybridized carbons (Fsp3) is 0.875. The van der Waals surface area contributed by atoms with Gasteiger partial charge >= 0.3 is 0 Å². The van der Waals surface area contributed by atoms with E-state index in [9.17, 15) is 9.59 Å². The van der Waals surface area contributed by atoms with Crippen LogP contribution in [0.5, 0.6) is 0 Å². The number of hydrogen-bond donors (Lipinski definition) is 2. The van der Waals surface area contributed by atoms with Gasteiger partial charge in [-0.15, -0.1) is 0 Å². The molecular weight excluding hydrogens is 266 g/mol. The molecule has 1 saturated heterocycles. The number of piperidine rings is 1. The van der Waals surface area contributed by atoms with Crippen molar-refractivity contribution in [1.82, 2.24) is 10.2 Å². The van der Waals surface area contributed by atoms with Gasteiger partial charge in [0, 0.05) is 25.6 Å². The molecular formula is C16H31N3O2. The van der Waals surface area contributed by atoms with Crippen LogP contribution in [0.25, 0.3) is 0 Å². The van der Waals surface area contributed by atoms with Crippen molar-refractivity contribution in [2.45, 2.75) is 64.8 Å². The Kier molecular flexibility index (Phi) is 8.35. The number of unbranched alkanes of at least 4 members (excludes halogenated alkanes) is 2. The summed E-state index contributed by atoms with van der Waals surface area (Å²) in [6, 6.07) is 0.177. The molecule has 3 N–H and O–H groups in total. The zero-order chi connectivity index (χ0) is 15.7. The van der Waals surface area contributed by atoms with Crippen LogP contribution in [-0.2, 0) is 9.59 Å². The summed E-state index contributed by atoms with van der Waals surface area (Å²) in [6.45, 7) is 6.01. The molecule has 1 heterocycles. The summed E-state index contributed by atoms with van der Waals surface area (Å²) in [5.41, 5.74) is 5.29. The van der Waals surface area contributed by atoms with E-state index in [1.165, 1.54) is 12.8 Å². The lowest BCUT2D eigenvalue weighted by Gasteiger charge is -2.32. The Hall–Kier alpha value is -1.10. The molecule has 0 aromatic rings. The average Bonchev–Trinajstić information content (AvgIpc) is 2.47. The highest BCUT2D eigenvalue weighted by Crippen LogP contribution is 2.14. The molecule has 1 aliphatic heterocycles. The van der Waals surface area contributed by atoms with Gasteiger partial charge in [0.1, 0.15) is 0 Å². The molecule has 0 aromatic carbocycles. The summed E-state index contributed by atoms with van der Waals surface area (Å²) in [4.78, 5) is 25.3. The number of nitrogens with two attached hydrogens (primary N) is 1. The predicted octanol–water partition coefficient (Wildman–Crippen LogP) is 1.66. The molecule has 0 atom stereocenters. The zero-order valence-corrected chi connectivity index (χ0v) is 13.6. The molecule has 2 amide bonds. The number of amides is 2. The van der Waals surface area contributed by atoms with Gasteiger partial charge in [-0.05, 0) is 25.2 Å². The van der Waals surface area contributed by atoms with Crippen molar-refractivity contribution < 1.29 is 9.59 Å². The lowest BCUT2D eigenvalue weighted by molar-refractivity contribution is -0.132. The second kappa shape index (κ2) is 9.77. The Bertz CT molecular complexity index is 323. The largest absolute Gasteiger partial charge is 0.352 e. The van der Waals surface area contributed by atoms with Crippen LogP contribution in [0, 0.1) is 5.92 Å². The first-order valence-electron chi connectivity index (χ1n) is 8.30. The third-order valence-corrected chi connectivity index (χ3v) is 4.07. The quantitative estimate of drug-likeness (QED) is 0.669. The van der Waals surface area contributed by atoms with Gasteiger partial charge in [-0.25, -0.2) is 0 Å². The van der Waals surface area contributed by atoms with E-state index in [0.29, 0.717) is 6.42 Å². The van der Waals surface area contributed by atoms with Crippen molar-refractivity contribution >= 4 is 11.8 Å². The van der Waals surface area contributed by atoms with Crippen LogP contribution >= 0.6 is 0 Å². The zero-order valence-electron chi connectivity index (χ0n) is 13.6.